The first kappa shape index (κ1) is 13.7. The van der Waals surface area contributed by atoms with Gasteiger partial charge in [0.1, 0.15) is 0 Å². The molecule has 0 atom stereocenters. The van der Waals surface area contributed by atoms with Crippen molar-refractivity contribution in [3.05, 3.63) is 47.2 Å². The average molecular weight is 258 g/mol. The maximum absolute atomic E-state index is 11.7. The Labute approximate surface area is 115 Å². The van der Waals surface area contributed by atoms with Crippen molar-refractivity contribution >= 4 is 6.03 Å². The van der Waals surface area contributed by atoms with Crippen LogP contribution in [0.5, 0.6) is 0 Å². The summed E-state index contributed by atoms with van der Waals surface area (Å²) in [6.45, 7) is 2.63. The van der Waals surface area contributed by atoms with Gasteiger partial charge in [0.25, 0.3) is 0 Å². The molecule has 0 spiro atoms. The molecule has 1 aliphatic carbocycles. The van der Waals surface area contributed by atoms with Crippen LogP contribution in [0.1, 0.15) is 43.2 Å². The zero-order valence-corrected chi connectivity index (χ0v) is 11.5. The predicted octanol–water partition coefficient (Wildman–Crippen LogP) is 3.64. The summed E-state index contributed by atoms with van der Waals surface area (Å²) in [6.07, 6.45) is 7.94. The molecule has 2 rings (SSSR count). The molecule has 2 N–H and O–H groups in total. The number of hydrogen-bond donors (Lipinski definition) is 2. The van der Waals surface area contributed by atoms with E-state index in [1.807, 2.05) is 24.4 Å². The van der Waals surface area contributed by atoms with Gasteiger partial charge in [-0.25, -0.2) is 4.79 Å². The van der Waals surface area contributed by atoms with Crippen molar-refractivity contribution in [3.8, 4) is 0 Å². The van der Waals surface area contributed by atoms with E-state index in [2.05, 4.69) is 23.6 Å². The van der Waals surface area contributed by atoms with E-state index >= 15 is 0 Å². The Kier molecular flexibility index (Phi) is 5.01. The van der Waals surface area contributed by atoms with Gasteiger partial charge in [0.15, 0.2) is 0 Å². The molecule has 0 aliphatic heterocycles. The first-order chi connectivity index (χ1) is 9.25. The molecule has 3 nitrogen and oxygen atoms in total. The number of benzene rings is 1. The average Bonchev–Trinajstić information content (AvgIpc) is 2.45. The Hall–Kier alpha value is -1.77. The lowest BCUT2D eigenvalue weighted by Crippen LogP contribution is -2.32. The zero-order valence-electron chi connectivity index (χ0n) is 11.5. The van der Waals surface area contributed by atoms with Crippen molar-refractivity contribution in [2.75, 3.05) is 0 Å². The van der Waals surface area contributed by atoms with Crippen molar-refractivity contribution in [2.24, 2.45) is 0 Å². The van der Waals surface area contributed by atoms with E-state index in [9.17, 15) is 4.79 Å². The second kappa shape index (κ2) is 6.98. The largest absolute Gasteiger partial charge is 0.334 e. The van der Waals surface area contributed by atoms with Gasteiger partial charge in [-0.3, -0.25) is 0 Å². The molecule has 0 saturated heterocycles. The molecule has 19 heavy (non-hydrogen) atoms. The number of amides is 2. The highest BCUT2D eigenvalue weighted by molar-refractivity contribution is 5.75. The SMILES string of the molecule is Cc1ccccc1CNC(=O)NC=C1CCCCC1. The van der Waals surface area contributed by atoms with Gasteiger partial charge in [0.05, 0.1) is 0 Å². The highest BCUT2D eigenvalue weighted by Crippen LogP contribution is 2.21. The molecule has 1 saturated carbocycles. The van der Waals surface area contributed by atoms with E-state index < -0.39 is 0 Å². The lowest BCUT2D eigenvalue weighted by atomic mass is 9.96. The summed E-state index contributed by atoms with van der Waals surface area (Å²) in [7, 11) is 0. The van der Waals surface area contributed by atoms with Crippen molar-refractivity contribution in [1.29, 1.82) is 0 Å². The van der Waals surface area contributed by atoms with Crippen LogP contribution in [0.25, 0.3) is 0 Å². The van der Waals surface area contributed by atoms with Gasteiger partial charge in [0.2, 0.25) is 0 Å². The molecular formula is C16H22N2O. The van der Waals surface area contributed by atoms with E-state index in [0.717, 1.165) is 18.4 Å². The third-order valence-corrected chi connectivity index (χ3v) is 3.60. The van der Waals surface area contributed by atoms with E-state index in [1.165, 1.54) is 30.4 Å². The summed E-state index contributed by atoms with van der Waals surface area (Å²) < 4.78 is 0. The maximum Gasteiger partial charge on any atom is 0.319 e. The van der Waals surface area contributed by atoms with Crippen molar-refractivity contribution in [1.82, 2.24) is 10.6 Å². The molecule has 102 valence electrons. The highest BCUT2D eigenvalue weighted by atomic mass is 16.2. The fourth-order valence-corrected chi connectivity index (χ4v) is 2.35. The fraction of sp³-hybridized carbons (Fsp3) is 0.438. The van der Waals surface area contributed by atoms with Crippen LogP contribution >= 0.6 is 0 Å². The minimum Gasteiger partial charge on any atom is -0.334 e. The Balaban J connectivity index is 1.77. The molecule has 1 fully saturated rings. The van der Waals surface area contributed by atoms with E-state index in [-0.39, 0.29) is 6.03 Å². The zero-order chi connectivity index (χ0) is 13.5. The molecule has 0 bridgehead atoms. The van der Waals surface area contributed by atoms with Crippen LogP contribution in [-0.4, -0.2) is 6.03 Å². The Bertz CT molecular complexity index is 458. The van der Waals surface area contributed by atoms with Crippen molar-refractivity contribution < 1.29 is 4.79 Å². The van der Waals surface area contributed by atoms with E-state index in [1.54, 1.807) is 0 Å². The van der Waals surface area contributed by atoms with Gasteiger partial charge in [-0.2, -0.15) is 0 Å². The number of urea groups is 1. The summed E-state index contributed by atoms with van der Waals surface area (Å²) in [5.74, 6) is 0. The molecule has 0 radical (unpaired) electrons. The predicted molar refractivity (Wildman–Crippen MR) is 77.7 cm³/mol. The lowest BCUT2D eigenvalue weighted by Gasteiger charge is -2.13. The lowest BCUT2D eigenvalue weighted by molar-refractivity contribution is 0.243. The first-order valence-corrected chi connectivity index (χ1v) is 7.02. The Morgan fingerprint density at radius 1 is 1.21 bits per heavy atom. The second-order valence-electron chi connectivity index (χ2n) is 5.12. The minimum absolute atomic E-state index is 0.124. The number of allylic oxidation sites excluding steroid dienone is 1. The monoisotopic (exact) mass is 258 g/mol. The van der Waals surface area contributed by atoms with Gasteiger partial charge < -0.3 is 10.6 Å². The van der Waals surface area contributed by atoms with Crippen LogP contribution in [0.3, 0.4) is 0 Å². The fourth-order valence-electron chi connectivity index (χ4n) is 2.35. The summed E-state index contributed by atoms with van der Waals surface area (Å²) in [5, 5.41) is 5.71. The normalized spacial score (nSPS) is 14.9. The molecule has 3 heteroatoms. The summed E-state index contributed by atoms with van der Waals surface area (Å²) >= 11 is 0. The first-order valence-electron chi connectivity index (χ1n) is 7.02. The Morgan fingerprint density at radius 3 is 2.68 bits per heavy atom. The van der Waals surface area contributed by atoms with Gasteiger partial charge in [-0.1, -0.05) is 36.3 Å². The van der Waals surface area contributed by atoms with Gasteiger partial charge in [-0.05, 0) is 43.7 Å². The number of hydrogen-bond acceptors (Lipinski definition) is 1. The van der Waals surface area contributed by atoms with E-state index in [0.29, 0.717) is 6.54 Å². The van der Waals surface area contributed by atoms with Crippen LogP contribution in [0.4, 0.5) is 4.79 Å². The van der Waals surface area contributed by atoms with Gasteiger partial charge >= 0.3 is 6.03 Å². The van der Waals surface area contributed by atoms with Gasteiger partial charge in [0, 0.05) is 12.7 Å². The van der Waals surface area contributed by atoms with Crippen LogP contribution in [-0.2, 0) is 6.54 Å². The molecular weight excluding hydrogens is 236 g/mol. The quantitative estimate of drug-likeness (QED) is 0.853. The topological polar surface area (TPSA) is 41.1 Å². The maximum atomic E-state index is 11.7. The number of nitrogens with one attached hydrogen (secondary N) is 2. The Morgan fingerprint density at radius 2 is 1.95 bits per heavy atom. The smallest absolute Gasteiger partial charge is 0.319 e. The number of carbonyl (C=O) groups excluding carboxylic acids is 1. The van der Waals surface area contributed by atoms with Crippen LogP contribution in [0.2, 0.25) is 0 Å². The number of rotatable bonds is 3. The molecule has 0 heterocycles. The summed E-state index contributed by atoms with van der Waals surface area (Å²) in [6, 6.07) is 7.97. The van der Waals surface area contributed by atoms with Crippen molar-refractivity contribution in [3.63, 3.8) is 0 Å². The molecule has 0 unspecified atom stereocenters. The minimum atomic E-state index is -0.124. The van der Waals surface area contributed by atoms with Crippen LogP contribution in [0.15, 0.2) is 36.0 Å². The summed E-state index contributed by atoms with van der Waals surface area (Å²) in [4.78, 5) is 11.7. The second-order valence-corrected chi connectivity index (χ2v) is 5.12. The third-order valence-electron chi connectivity index (χ3n) is 3.60. The molecule has 1 aromatic rings. The number of aryl methyl sites for hydroxylation is 1. The molecule has 1 aromatic carbocycles. The van der Waals surface area contributed by atoms with E-state index in [4.69, 9.17) is 0 Å². The molecule has 2 amide bonds. The number of carbonyl (C=O) groups is 1. The van der Waals surface area contributed by atoms with Crippen LogP contribution < -0.4 is 10.6 Å². The molecule has 0 aromatic heterocycles. The van der Waals surface area contributed by atoms with Gasteiger partial charge in [-0.15, -0.1) is 0 Å². The standard InChI is InChI=1S/C16H22N2O/c1-13-7-5-6-10-15(13)12-18-16(19)17-11-14-8-3-2-4-9-14/h5-7,10-11H,2-4,8-9,12H2,1H3,(H2,17,18,19). The van der Waals surface area contributed by atoms with Crippen molar-refractivity contribution in [2.45, 2.75) is 45.6 Å². The highest BCUT2D eigenvalue weighted by Gasteiger charge is 2.06. The summed E-state index contributed by atoms with van der Waals surface area (Å²) in [5.41, 5.74) is 3.72. The third kappa shape index (κ3) is 4.43. The van der Waals surface area contributed by atoms with Crippen LogP contribution in [0, 0.1) is 6.92 Å². The molecule has 1 aliphatic rings.